The minimum atomic E-state index is -0.718. The summed E-state index contributed by atoms with van der Waals surface area (Å²) in [7, 11) is 0. The van der Waals surface area contributed by atoms with Crippen LogP contribution in [0.4, 0.5) is 0 Å². The molecule has 1 rings (SSSR count). The molecule has 1 aromatic rings. The Morgan fingerprint density at radius 3 is 2.55 bits per heavy atom. The molecule has 0 aliphatic carbocycles. The summed E-state index contributed by atoms with van der Waals surface area (Å²) in [5.74, 6) is 0.166. The number of aryl methyl sites for hydroxylation is 1. The van der Waals surface area contributed by atoms with E-state index in [1.165, 1.54) is 0 Å². The summed E-state index contributed by atoms with van der Waals surface area (Å²) in [6, 6.07) is 6.89. The molecule has 1 aromatic carbocycles. The largest absolute Gasteiger partial charge is 0.479 e. The van der Waals surface area contributed by atoms with Gasteiger partial charge in [0.25, 0.3) is 5.91 Å². The van der Waals surface area contributed by atoms with Gasteiger partial charge in [-0.05, 0) is 37.5 Å². The van der Waals surface area contributed by atoms with Gasteiger partial charge in [-0.1, -0.05) is 31.5 Å². The Hall–Kier alpha value is -1.73. The minimum absolute atomic E-state index is 0.0408. The number of rotatable bonds is 5. The van der Waals surface area contributed by atoms with Gasteiger partial charge in [0.2, 0.25) is 0 Å². The molecular weight excluding hydrogens is 276 g/mol. The lowest BCUT2D eigenvalue weighted by Crippen LogP contribution is -2.44. The fraction of sp³-hybridized carbons (Fsp3) is 0.467. The maximum Gasteiger partial charge on any atom is 0.261 e. The van der Waals surface area contributed by atoms with Crippen LogP contribution in [0, 0.1) is 24.2 Å². The molecular formula is C15H19ClN2O2. The van der Waals surface area contributed by atoms with Crippen molar-refractivity contribution >= 4 is 17.5 Å². The first kappa shape index (κ1) is 16.3. The maximum absolute atomic E-state index is 12.0. The first-order valence-corrected chi connectivity index (χ1v) is 6.85. The molecule has 0 saturated carbocycles. The van der Waals surface area contributed by atoms with E-state index >= 15 is 0 Å². The molecule has 0 aliphatic heterocycles. The zero-order valence-electron chi connectivity index (χ0n) is 12.1. The predicted molar refractivity (Wildman–Crippen MR) is 78.7 cm³/mol. The molecule has 0 saturated heterocycles. The van der Waals surface area contributed by atoms with Gasteiger partial charge in [-0.25, -0.2) is 0 Å². The molecule has 0 heterocycles. The van der Waals surface area contributed by atoms with Gasteiger partial charge in [0.05, 0.1) is 11.1 Å². The quantitative estimate of drug-likeness (QED) is 0.908. The highest BCUT2D eigenvalue weighted by Gasteiger charge is 2.21. The number of ether oxygens (including phenoxy) is 1. The summed E-state index contributed by atoms with van der Waals surface area (Å²) in [4.78, 5) is 12.0. The standard InChI is InChI=1S/C15H19ClN2O2/c1-9(2)13(8-17)18-15(19)11(4)20-14-6-5-10(3)7-12(14)16/h5-7,9,11,13H,1-4H3,(H,18,19). The van der Waals surface area contributed by atoms with E-state index in [9.17, 15) is 4.79 Å². The van der Waals surface area contributed by atoms with Gasteiger partial charge in [-0.15, -0.1) is 0 Å². The van der Waals surface area contributed by atoms with Crippen LogP contribution in [0.15, 0.2) is 18.2 Å². The third kappa shape index (κ3) is 4.43. The molecule has 0 aromatic heterocycles. The number of hydrogen-bond donors (Lipinski definition) is 1. The Bertz CT molecular complexity index is 523. The Morgan fingerprint density at radius 1 is 1.40 bits per heavy atom. The topological polar surface area (TPSA) is 62.1 Å². The Balaban J connectivity index is 2.69. The number of carbonyl (C=O) groups is 1. The Morgan fingerprint density at radius 2 is 2.05 bits per heavy atom. The average Bonchev–Trinajstić information content (AvgIpc) is 2.38. The number of hydrogen-bond acceptors (Lipinski definition) is 3. The molecule has 0 bridgehead atoms. The van der Waals surface area contributed by atoms with Gasteiger partial charge in [0.1, 0.15) is 11.8 Å². The van der Waals surface area contributed by atoms with Crippen molar-refractivity contribution < 1.29 is 9.53 Å². The molecule has 0 fully saturated rings. The molecule has 0 spiro atoms. The van der Waals surface area contributed by atoms with Crippen molar-refractivity contribution in [1.82, 2.24) is 5.32 Å². The van der Waals surface area contributed by atoms with Crippen LogP contribution in [0.5, 0.6) is 5.75 Å². The minimum Gasteiger partial charge on any atom is -0.479 e. The van der Waals surface area contributed by atoms with Crippen molar-refractivity contribution in [2.75, 3.05) is 0 Å². The van der Waals surface area contributed by atoms with Crippen molar-refractivity contribution in [3.8, 4) is 11.8 Å². The Labute approximate surface area is 124 Å². The second kappa shape index (κ2) is 7.16. The van der Waals surface area contributed by atoms with E-state index < -0.39 is 12.1 Å². The number of nitrogens with one attached hydrogen (secondary N) is 1. The van der Waals surface area contributed by atoms with Gasteiger partial charge in [-0.3, -0.25) is 4.79 Å². The Kier molecular flexibility index (Phi) is 5.84. The van der Waals surface area contributed by atoms with Crippen molar-refractivity contribution in [1.29, 1.82) is 5.26 Å². The van der Waals surface area contributed by atoms with E-state index in [4.69, 9.17) is 21.6 Å². The van der Waals surface area contributed by atoms with E-state index in [2.05, 4.69) is 11.4 Å². The second-order valence-electron chi connectivity index (χ2n) is 5.05. The molecule has 1 N–H and O–H groups in total. The van der Waals surface area contributed by atoms with E-state index in [-0.39, 0.29) is 11.8 Å². The van der Waals surface area contributed by atoms with Crippen LogP contribution < -0.4 is 10.1 Å². The first-order valence-electron chi connectivity index (χ1n) is 6.48. The molecule has 2 atom stereocenters. The number of nitriles is 1. The lowest BCUT2D eigenvalue weighted by Gasteiger charge is -2.19. The zero-order chi connectivity index (χ0) is 15.3. The normalized spacial score (nSPS) is 13.4. The van der Waals surface area contributed by atoms with Crippen molar-refractivity contribution in [3.63, 3.8) is 0 Å². The first-order chi connectivity index (χ1) is 9.35. The van der Waals surface area contributed by atoms with Gasteiger partial charge in [0.15, 0.2) is 6.10 Å². The third-order valence-electron chi connectivity index (χ3n) is 2.86. The predicted octanol–water partition coefficient (Wildman–Crippen LogP) is 3.08. The molecule has 2 unspecified atom stereocenters. The van der Waals surface area contributed by atoms with Crippen LogP contribution in [0.3, 0.4) is 0 Å². The van der Waals surface area contributed by atoms with Crippen molar-refractivity contribution in [2.45, 2.75) is 39.8 Å². The van der Waals surface area contributed by atoms with Crippen LogP contribution >= 0.6 is 11.6 Å². The van der Waals surface area contributed by atoms with Gasteiger partial charge < -0.3 is 10.1 Å². The number of amides is 1. The molecule has 0 aliphatic rings. The number of benzene rings is 1. The highest BCUT2D eigenvalue weighted by Crippen LogP contribution is 2.26. The van der Waals surface area contributed by atoms with E-state index in [0.717, 1.165) is 5.56 Å². The number of carbonyl (C=O) groups excluding carboxylic acids is 1. The van der Waals surface area contributed by atoms with Crippen LogP contribution in [-0.4, -0.2) is 18.1 Å². The lowest BCUT2D eigenvalue weighted by atomic mass is 10.1. The lowest BCUT2D eigenvalue weighted by molar-refractivity contribution is -0.127. The molecule has 0 radical (unpaired) electrons. The summed E-state index contributed by atoms with van der Waals surface area (Å²) in [5, 5.41) is 12.1. The number of halogens is 1. The van der Waals surface area contributed by atoms with Gasteiger partial charge in [0, 0.05) is 0 Å². The summed E-state index contributed by atoms with van der Waals surface area (Å²) in [6.07, 6.45) is -0.718. The van der Waals surface area contributed by atoms with E-state index in [1.54, 1.807) is 19.1 Å². The third-order valence-corrected chi connectivity index (χ3v) is 3.16. The molecule has 1 amide bonds. The highest BCUT2D eigenvalue weighted by atomic mass is 35.5. The highest BCUT2D eigenvalue weighted by molar-refractivity contribution is 6.32. The van der Waals surface area contributed by atoms with Crippen molar-refractivity contribution in [2.24, 2.45) is 5.92 Å². The fourth-order valence-electron chi connectivity index (χ4n) is 1.56. The summed E-state index contributed by atoms with van der Waals surface area (Å²) in [5.41, 5.74) is 1.02. The summed E-state index contributed by atoms with van der Waals surface area (Å²) < 4.78 is 5.53. The smallest absolute Gasteiger partial charge is 0.261 e. The van der Waals surface area contributed by atoms with Crippen LogP contribution in [0.1, 0.15) is 26.3 Å². The molecule has 108 valence electrons. The zero-order valence-corrected chi connectivity index (χ0v) is 12.9. The van der Waals surface area contributed by atoms with Gasteiger partial charge >= 0.3 is 0 Å². The van der Waals surface area contributed by atoms with Crippen LogP contribution in [-0.2, 0) is 4.79 Å². The summed E-state index contributed by atoms with van der Waals surface area (Å²) in [6.45, 7) is 7.29. The van der Waals surface area contributed by atoms with Crippen molar-refractivity contribution in [3.05, 3.63) is 28.8 Å². The molecule has 4 nitrogen and oxygen atoms in total. The fourth-order valence-corrected chi connectivity index (χ4v) is 1.84. The second-order valence-corrected chi connectivity index (χ2v) is 5.46. The van der Waals surface area contributed by atoms with Gasteiger partial charge in [-0.2, -0.15) is 5.26 Å². The van der Waals surface area contributed by atoms with Crippen LogP contribution in [0.25, 0.3) is 0 Å². The maximum atomic E-state index is 12.0. The number of nitrogens with zero attached hydrogens (tertiary/aromatic N) is 1. The monoisotopic (exact) mass is 294 g/mol. The SMILES string of the molecule is Cc1ccc(OC(C)C(=O)NC(C#N)C(C)C)c(Cl)c1. The average molecular weight is 295 g/mol. The van der Waals surface area contributed by atoms with Crippen LogP contribution in [0.2, 0.25) is 5.02 Å². The summed E-state index contributed by atoms with van der Waals surface area (Å²) >= 11 is 6.05. The van der Waals surface area contributed by atoms with E-state index in [1.807, 2.05) is 26.8 Å². The molecule has 20 heavy (non-hydrogen) atoms. The molecule has 5 heteroatoms. The van der Waals surface area contributed by atoms with E-state index in [0.29, 0.717) is 10.8 Å².